The van der Waals surface area contributed by atoms with Gasteiger partial charge in [0.2, 0.25) is 0 Å². The zero-order valence-corrected chi connectivity index (χ0v) is 10.9. The summed E-state index contributed by atoms with van der Waals surface area (Å²) in [5.74, 6) is 0.492. The fraction of sp³-hybridized carbons (Fsp3) is 0.500. The smallest absolute Gasteiger partial charge is 0.338 e. The number of rotatable bonds is 3. The predicted octanol–water partition coefficient (Wildman–Crippen LogP) is 2.12. The Bertz CT molecular complexity index is 431. The molecule has 4 heteroatoms. The third-order valence-electron chi connectivity index (χ3n) is 3.01. The van der Waals surface area contributed by atoms with Crippen molar-refractivity contribution in [3.63, 3.8) is 0 Å². The van der Waals surface area contributed by atoms with Gasteiger partial charge in [0, 0.05) is 18.7 Å². The van der Waals surface area contributed by atoms with Gasteiger partial charge in [-0.1, -0.05) is 13.0 Å². The fourth-order valence-electron chi connectivity index (χ4n) is 1.97. The summed E-state index contributed by atoms with van der Waals surface area (Å²) >= 11 is 0. The maximum atomic E-state index is 11.7. The standard InChI is InChI=1S/C14H19NO3/c1-3-12-9-15-8-11-6-5-10(7-13(11)18-12)14(16)17-4-2/h5-7,12,15H,3-4,8-9H2,1-2H3. The van der Waals surface area contributed by atoms with E-state index in [4.69, 9.17) is 9.47 Å². The first-order chi connectivity index (χ1) is 8.74. The van der Waals surface area contributed by atoms with Gasteiger partial charge in [-0.25, -0.2) is 4.79 Å². The quantitative estimate of drug-likeness (QED) is 0.834. The van der Waals surface area contributed by atoms with Crippen molar-refractivity contribution in [1.82, 2.24) is 5.32 Å². The summed E-state index contributed by atoms with van der Waals surface area (Å²) in [6.45, 7) is 5.88. The summed E-state index contributed by atoms with van der Waals surface area (Å²) in [7, 11) is 0. The van der Waals surface area contributed by atoms with Crippen LogP contribution in [0.2, 0.25) is 0 Å². The zero-order valence-electron chi connectivity index (χ0n) is 10.9. The predicted molar refractivity (Wildman–Crippen MR) is 68.8 cm³/mol. The molecule has 1 aliphatic heterocycles. The minimum atomic E-state index is -0.297. The Morgan fingerprint density at radius 3 is 3.06 bits per heavy atom. The molecule has 0 fully saturated rings. The molecule has 0 radical (unpaired) electrons. The van der Waals surface area contributed by atoms with Crippen LogP contribution in [0.3, 0.4) is 0 Å². The summed E-state index contributed by atoms with van der Waals surface area (Å²) in [6.07, 6.45) is 1.10. The minimum absolute atomic E-state index is 0.156. The Morgan fingerprint density at radius 2 is 2.33 bits per heavy atom. The van der Waals surface area contributed by atoms with Crippen molar-refractivity contribution in [3.8, 4) is 5.75 Å². The van der Waals surface area contributed by atoms with Gasteiger partial charge in [-0.3, -0.25) is 0 Å². The summed E-state index contributed by atoms with van der Waals surface area (Å²) < 4.78 is 10.9. The lowest BCUT2D eigenvalue weighted by Crippen LogP contribution is -2.27. The molecule has 0 saturated carbocycles. The lowest BCUT2D eigenvalue weighted by Gasteiger charge is -2.15. The van der Waals surface area contributed by atoms with Gasteiger partial charge >= 0.3 is 5.97 Å². The number of hydrogen-bond donors (Lipinski definition) is 1. The van der Waals surface area contributed by atoms with E-state index in [0.29, 0.717) is 12.2 Å². The molecule has 18 heavy (non-hydrogen) atoms. The van der Waals surface area contributed by atoms with E-state index in [9.17, 15) is 4.79 Å². The molecule has 0 amide bonds. The molecule has 1 aromatic carbocycles. The fourth-order valence-corrected chi connectivity index (χ4v) is 1.97. The molecule has 98 valence electrons. The van der Waals surface area contributed by atoms with Crippen molar-refractivity contribution in [2.24, 2.45) is 0 Å². The molecule has 0 bridgehead atoms. The monoisotopic (exact) mass is 249 g/mol. The number of esters is 1. The maximum absolute atomic E-state index is 11.7. The molecule has 4 nitrogen and oxygen atoms in total. The van der Waals surface area contributed by atoms with Crippen molar-refractivity contribution in [1.29, 1.82) is 0 Å². The van der Waals surface area contributed by atoms with E-state index in [1.807, 2.05) is 6.07 Å². The highest BCUT2D eigenvalue weighted by Gasteiger charge is 2.17. The van der Waals surface area contributed by atoms with E-state index in [0.717, 1.165) is 30.8 Å². The number of ether oxygens (including phenoxy) is 2. The van der Waals surface area contributed by atoms with Crippen LogP contribution >= 0.6 is 0 Å². The highest BCUT2D eigenvalue weighted by Crippen LogP contribution is 2.24. The highest BCUT2D eigenvalue weighted by atomic mass is 16.5. The van der Waals surface area contributed by atoms with Crippen LogP contribution in [0.1, 0.15) is 36.2 Å². The third kappa shape index (κ3) is 2.82. The van der Waals surface area contributed by atoms with Gasteiger partial charge in [0.05, 0.1) is 12.2 Å². The largest absolute Gasteiger partial charge is 0.489 e. The minimum Gasteiger partial charge on any atom is -0.489 e. The van der Waals surface area contributed by atoms with Crippen LogP contribution < -0.4 is 10.1 Å². The van der Waals surface area contributed by atoms with E-state index >= 15 is 0 Å². The second-order valence-electron chi connectivity index (χ2n) is 4.32. The molecule has 0 saturated heterocycles. The van der Waals surface area contributed by atoms with Crippen LogP contribution in [-0.4, -0.2) is 25.2 Å². The first-order valence-electron chi connectivity index (χ1n) is 6.42. The van der Waals surface area contributed by atoms with Gasteiger partial charge in [0.1, 0.15) is 11.9 Å². The molecule has 2 rings (SSSR count). The number of hydrogen-bond acceptors (Lipinski definition) is 4. The molecule has 0 spiro atoms. The van der Waals surface area contributed by atoms with Gasteiger partial charge in [-0.2, -0.15) is 0 Å². The van der Waals surface area contributed by atoms with Crippen LogP contribution in [0.5, 0.6) is 5.75 Å². The van der Waals surface area contributed by atoms with Gasteiger partial charge in [0.25, 0.3) is 0 Å². The third-order valence-corrected chi connectivity index (χ3v) is 3.01. The zero-order chi connectivity index (χ0) is 13.0. The summed E-state index contributed by atoms with van der Waals surface area (Å²) in [5.41, 5.74) is 1.63. The van der Waals surface area contributed by atoms with Crippen LogP contribution in [0.25, 0.3) is 0 Å². The van der Waals surface area contributed by atoms with E-state index in [-0.39, 0.29) is 12.1 Å². The van der Waals surface area contributed by atoms with Crippen molar-refractivity contribution in [2.75, 3.05) is 13.2 Å². The summed E-state index contributed by atoms with van der Waals surface area (Å²) in [6, 6.07) is 5.49. The number of carbonyl (C=O) groups excluding carboxylic acids is 1. The SMILES string of the molecule is CCOC(=O)c1ccc2c(c1)OC(CC)CNC2. The Labute approximate surface area is 107 Å². The molecule has 1 unspecified atom stereocenters. The molecule has 1 aromatic rings. The molecule has 1 heterocycles. The van der Waals surface area contributed by atoms with Crippen LogP contribution in [0, 0.1) is 0 Å². The van der Waals surface area contributed by atoms with E-state index in [1.165, 1.54) is 0 Å². The first kappa shape index (κ1) is 12.9. The van der Waals surface area contributed by atoms with Crippen molar-refractivity contribution >= 4 is 5.97 Å². The lowest BCUT2D eigenvalue weighted by molar-refractivity contribution is 0.0525. The van der Waals surface area contributed by atoms with Crippen LogP contribution in [0.4, 0.5) is 0 Å². The highest BCUT2D eigenvalue weighted by molar-refractivity contribution is 5.90. The molecule has 1 N–H and O–H groups in total. The molecule has 1 aliphatic rings. The Morgan fingerprint density at radius 1 is 1.50 bits per heavy atom. The van der Waals surface area contributed by atoms with Gasteiger partial charge < -0.3 is 14.8 Å². The van der Waals surface area contributed by atoms with E-state index < -0.39 is 0 Å². The van der Waals surface area contributed by atoms with Crippen LogP contribution in [-0.2, 0) is 11.3 Å². The molecular formula is C14H19NO3. The van der Waals surface area contributed by atoms with E-state index in [1.54, 1.807) is 19.1 Å². The van der Waals surface area contributed by atoms with Crippen molar-refractivity contribution < 1.29 is 14.3 Å². The molecule has 0 aromatic heterocycles. The Hall–Kier alpha value is -1.55. The summed E-state index contributed by atoms with van der Waals surface area (Å²) in [5, 5.41) is 3.34. The lowest BCUT2D eigenvalue weighted by atomic mass is 10.1. The molecular weight excluding hydrogens is 230 g/mol. The average Bonchev–Trinajstić information content (AvgIpc) is 2.59. The number of carbonyl (C=O) groups is 1. The average molecular weight is 249 g/mol. The molecule has 1 atom stereocenters. The Kier molecular flexibility index (Phi) is 4.20. The van der Waals surface area contributed by atoms with Crippen LogP contribution in [0.15, 0.2) is 18.2 Å². The van der Waals surface area contributed by atoms with Gasteiger partial charge in [0.15, 0.2) is 0 Å². The summed E-state index contributed by atoms with van der Waals surface area (Å²) in [4.78, 5) is 11.7. The number of benzene rings is 1. The van der Waals surface area contributed by atoms with Gasteiger partial charge in [-0.15, -0.1) is 0 Å². The Balaban J connectivity index is 2.24. The number of fused-ring (bicyclic) bond motifs is 1. The first-order valence-corrected chi connectivity index (χ1v) is 6.42. The second-order valence-corrected chi connectivity index (χ2v) is 4.32. The number of nitrogens with one attached hydrogen (secondary N) is 1. The maximum Gasteiger partial charge on any atom is 0.338 e. The van der Waals surface area contributed by atoms with Crippen molar-refractivity contribution in [2.45, 2.75) is 32.9 Å². The van der Waals surface area contributed by atoms with Crippen molar-refractivity contribution in [3.05, 3.63) is 29.3 Å². The normalized spacial score (nSPS) is 18.4. The van der Waals surface area contributed by atoms with E-state index in [2.05, 4.69) is 12.2 Å². The second kappa shape index (κ2) is 5.87. The molecule has 0 aliphatic carbocycles. The topological polar surface area (TPSA) is 47.6 Å². The van der Waals surface area contributed by atoms with Gasteiger partial charge in [-0.05, 0) is 25.5 Å².